The van der Waals surface area contributed by atoms with Crippen LogP contribution in [-0.4, -0.2) is 10.5 Å². The van der Waals surface area contributed by atoms with Crippen LogP contribution in [0, 0.1) is 10.8 Å². The van der Waals surface area contributed by atoms with Crippen molar-refractivity contribution in [3.63, 3.8) is 0 Å². The molecule has 0 nitrogen and oxygen atoms in total. The predicted octanol–water partition coefficient (Wildman–Crippen LogP) is 6.48. The molecule has 19 heavy (non-hydrogen) atoms. The van der Waals surface area contributed by atoms with E-state index in [1.807, 2.05) is 0 Å². The van der Waals surface area contributed by atoms with Gasteiger partial charge in [0, 0.05) is 10.5 Å². The summed E-state index contributed by atoms with van der Waals surface area (Å²) in [6.07, 6.45) is 11.6. The second-order valence-corrected chi connectivity index (χ2v) is 7.98. The van der Waals surface area contributed by atoms with Crippen molar-refractivity contribution in [1.82, 2.24) is 0 Å². The number of rotatable bonds is 8. The Morgan fingerprint density at radius 2 is 1.11 bits per heavy atom. The molecule has 0 amide bonds. The smallest absolute Gasteiger partial charge is 0.0133 e. The number of thioether (sulfide) groups is 1. The summed E-state index contributed by atoms with van der Waals surface area (Å²) in [6, 6.07) is 0. The third-order valence-corrected chi connectivity index (χ3v) is 6.46. The standard InChI is InChI=1S/C18H34S/c1-9-13-17(5,6)15(11-3)19-16(12-4)18(7,8)14-10-2/h9-10,13-16H,11-12H2,1-8H3. The molecule has 0 N–H and O–H groups in total. The molecule has 0 heterocycles. The molecule has 1 heteroatoms. The highest BCUT2D eigenvalue weighted by atomic mass is 32.2. The fourth-order valence-corrected chi connectivity index (χ4v) is 4.51. The van der Waals surface area contributed by atoms with Crippen LogP contribution in [-0.2, 0) is 0 Å². The minimum Gasteiger partial charge on any atom is -0.153 e. The first-order valence-corrected chi connectivity index (χ1v) is 8.62. The van der Waals surface area contributed by atoms with Gasteiger partial charge in [0.05, 0.1) is 0 Å². The number of allylic oxidation sites excluding steroid dienone is 4. The van der Waals surface area contributed by atoms with E-state index in [4.69, 9.17) is 0 Å². The molecule has 2 unspecified atom stereocenters. The van der Waals surface area contributed by atoms with Crippen LogP contribution in [0.4, 0.5) is 0 Å². The Kier molecular flexibility index (Phi) is 8.12. The lowest BCUT2D eigenvalue weighted by Crippen LogP contribution is -2.31. The molecular weight excluding hydrogens is 248 g/mol. The second kappa shape index (κ2) is 8.19. The molecule has 0 aromatic carbocycles. The molecule has 0 aromatic rings. The summed E-state index contributed by atoms with van der Waals surface area (Å²) in [6.45, 7) is 18.3. The molecule has 0 aliphatic carbocycles. The third kappa shape index (κ3) is 5.77. The van der Waals surface area contributed by atoms with Crippen LogP contribution in [0.1, 0.15) is 68.2 Å². The van der Waals surface area contributed by atoms with Gasteiger partial charge in [-0.3, -0.25) is 0 Å². The summed E-state index contributed by atoms with van der Waals surface area (Å²) >= 11 is 2.18. The van der Waals surface area contributed by atoms with Crippen molar-refractivity contribution in [1.29, 1.82) is 0 Å². The lowest BCUT2D eigenvalue weighted by molar-refractivity contribution is 0.421. The molecule has 0 fully saturated rings. The molecule has 112 valence electrons. The first-order chi connectivity index (χ1) is 8.75. The largest absolute Gasteiger partial charge is 0.153 e. The van der Waals surface area contributed by atoms with E-state index in [-0.39, 0.29) is 10.8 Å². The summed E-state index contributed by atoms with van der Waals surface area (Å²) in [4.78, 5) is 0. The Balaban J connectivity index is 5.03. The van der Waals surface area contributed by atoms with Crippen LogP contribution in [0.2, 0.25) is 0 Å². The van der Waals surface area contributed by atoms with Gasteiger partial charge < -0.3 is 0 Å². The van der Waals surface area contributed by atoms with Crippen molar-refractivity contribution in [3.8, 4) is 0 Å². The summed E-state index contributed by atoms with van der Waals surface area (Å²) in [5.74, 6) is 0. The van der Waals surface area contributed by atoms with Crippen molar-refractivity contribution in [2.24, 2.45) is 10.8 Å². The second-order valence-electron chi connectivity index (χ2n) is 6.57. The average Bonchev–Trinajstić information content (AvgIpc) is 2.29. The zero-order valence-electron chi connectivity index (χ0n) is 14.3. The van der Waals surface area contributed by atoms with E-state index in [1.165, 1.54) is 12.8 Å². The highest BCUT2D eigenvalue weighted by molar-refractivity contribution is 8.00. The number of hydrogen-bond acceptors (Lipinski definition) is 1. The lowest BCUT2D eigenvalue weighted by atomic mass is 9.86. The van der Waals surface area contributed by atoms with Crippen LogP contribution in [0.25, 0.3) is 0 Å². The van der Waals surface area contributed by atoms with Crippen molar-refractivity contribution in [2.75, 3.05) is 0 Å². The average molecular weight is 283 g/mol. The maximum atomic E-state index is 2.36. The minimum atomic E-state index is 0.271. The van der Waals surface area contributed by atoms with Crippen LogP contribution in [0.5, 0.6) is 0 Å². The van der Waals surface area contributed by atoms with Crippen molar-refractivity contribution in [2.45, 2.75) is 78.7 Å². The molecule has 0 saturated heterocycles. The van der Waals surface area contributed by atoms with Gasteiger partial charge in [-0.2, -0.15) is 11.8 Å². The van der Waals surface area contributed by atoms with Gasteiger partial charge in [-0.25, -0.2) is 0 Å². The van der Waals surface area contributed by atoms with Crippen LogP contribution >= 0.6 is 11.8 Å². The highest BCUT2D eigenvalue weighted by Gasteiger charge is 2.33. The maximum Gasteiger partial charge on any atom is 0.0133 e. The molecule has 0 aliphatic heterocycles. The molecule has 0 aromatic heterocycles. The van der Waals surface area contributed by atoms with E-state index in [2.05, 4.69) is 91.5 Å². The van der Waals surface area contributed by atoms with E-state index in [0.29, 0.717) is 10.5 Å². The van der Waals surface area contributed by atoms with Gasteiger partial charge in [0.1, 0.15) is 0 Å². The van der Waals surface area contributed by atoms with Gasteiger partial charge in [-0.15, -0.1) is 0 Å². The first-order valence-electron chi connectivity index (χ1n) is 7.68. The molecule has 0 aliphatic rings. The summed E-state index contributed by atoms with van der Waals surface area (Å²) < 4.78 is 0. The van der Waals surface area contributed by atoms with Gasteiger partial charge in [0.15, 0.2) is 0 Å². The number of hydrogen-bond donors (Lipinski definition) is 0. The SMILES string of the molecule is CC=CC(C)(C)C(CC)SC(CC)C(C)(C)C=CC. The molecule has 0 rings (SSSR count). The zero-order chi connectivity index (χ0) is 15.1. The summed E-state index contributed by atoms with van der Waals surface area (Å²) in [7, 11) is 0. The molecule has 0 saturated carbocycles. The molecule has 2 atom stereocenters. The van der Waals surface area contributed by atoms with E-state index < -0.39 is 0 Å². The summed E-state index contributed by atoms with van der Waals surface area (Å²) in [5, 5.41) is 1.36. The molecule has 0 bridgehead atoms. The van der Waals surface area contributed by atoms with E-state index in [1.54, 1.807) is 0 Å². The Morgan fingerprint density at radius 3 is 1.32 bits per heavy atom. The first kappa shape index (κ1) is 18.8. The summed E-state index contributed by atoms with van der Waals surface area (Å²) in [5.41, 5.74) is 0.543. The highest BCUT2D eigenvalue weighted by Crippen LogP contribution is 2.43. The Bertz CT molecular complexity index is 267. The van der Waals surface area contributed by atoms with Gasteiger partial charge in [-0.05, 0) is 37.5 Å². The van der Waals surface area contributed by atoms with Crippen LogP contribution in [0.3, 0.4) is 0 Å². The van der Waals surface area contributed by atoms with E-state index in [9.17, 15) is 0 Å². The normalized spacial score (nSPS) is 17.3. The van der Waals surface area contributed by atoms with Gasteiger partial charge >= 0.3 is 0 Å². The van der Waals surface area contributed by atoms with Crippen LogP contribution in [0.15, 0.2) is 24.3 Å². The van der Waals surface area contributed by atoms with E-state index in [0.717, 1.165) is 0 Å². The maximum absolute atomic E-state index is 2.36. The Morgan fingerprint density at radius 1 is 0.789 bits per heavy atom. The quantitative estimate of drug-likeness (QED) is 0.459. The monoisotopic (exact) mass is 282 g/mol. The topological polar surface area (TPSA) is 0 Å². The zero-order valence-corrected chi connectivity index (χ0v) is 15.1. The minimum absolute atomic E-state index is 0.271. The third-order valence-electron chi connectivity index (χ3n) is 3.92. The fraction of sp³-hybridized carbons (Fsp3) is 0.778. The van der Waals surface area contributed by atoms with Crippen molar-refractivity contribution in [3.05, 3.63) is 24.3 Å². The van der Waals surface area contributed by atoms with Gasteiger partial charge in [-0.1, -0.05) is 65.8 Å². The van der Waals surface area contributed by atoms with Gasteiger partial charge in [0.25, 0.3) is 0 Å². The predicted molar refractivity (Wildman–Crippen MR) is 92.9 cm³/mol. The van der Waals surface area contributed by atoms with E-state index >= 15 is 0 Å². The van der Waals surface area contributed by atoms with Crippen molar-refractivity contribution < 1.29 is 0 Å². The van der Waals surface area contributed by atoms with Crippen LogP contribution < -0.4 is 0 Å². The molecule has 0 spiro atoms. The molecule has 0 radical (unpaired) electrons. The molecular formula is C18H34S. The van der Waals surface area contributed by atoms with Gasteiger partial charge in [0.2, 0.25) is 0 Å². The Hall–Kier alpha value is -0.170. The Labute approximate surface area is 126 Å². The lowest BCUT2D eigenvalue weighted by Gasteiger charge is -2.38. The fourth-order valence-electron chi connectivity index (χ4n) is 2.87. The van der Waals surface area contributed by atoms with Crippen molar-refractivity contribution >= 4 is 11.8 Å².